The summed E-state index contributed by atoms with van der Waals surface area (Å²) in [7, 11) is 1.59. The quantitative estimate of drug-likeness (QED) is 0.773. The zero-order valence-corrected chi connectivity index (χ0v) is 14.8. The summed E-state index contributed by atoms with van der Waals surface area (Å²) in [6.45, 7) is 3.09. The molecule has 0 saturated carbocycles. The van der Waals surface area contributed by atoms with Crippen molar-refractivity contribution in [2.75, 3.05) is 20.5 Å². The Kier molecular flexibility index (Phi) is 5.63. The Morgan fingerprint density at radius 2 is 2.00 bits per heavy atom. The lowest BCUT2D eigenvalue weighted by Gasteiger charge is -2.09. The van der Waals surface area contributed by atoms with E-state index in [1.54, 1.807) is 13.2 Å². The zero-order valence-electron chi connectivity index (χ0n) is 14.8. The third kappa shape index (κ3) is 4.27. The third-order valence-electron chi connectivity index (χ3n) is 3.82. The van der Waals surface area contributed by atoms with Gasteiger partial charge in [0.15, 0.2) is 23.0 Å². The molecular weight excluding hydrogens is 334 g/mol. The van der Waals surface area contributed by atoms with Crippen LogP contribution in [0.5, 0.6) is 23.0 Å². The number of hydrogen-bond donors (Lipinski definition) is 1. The maximum atomic E-state index is 12.0. The Bertz CT molecular complexity index is 816. The van der Waals surface area contributed by atoms with Crippen molar-refractivity contribution in [1.82, 2.24) is 5.32 Å². The predicted molar refractivity (Wildman–Crippen MR) is 97.6 cm³/mol. The fourth-order valence-corrected chi connectivity index (χ4v) is 2.54. The lowest BCUT2D eigenvalue weighted by atomic mass is 10.2. The monoisotopic (exact) mass is 355 g/mol. The molecule has 0 atom stereocenters. The normalized spacial score (nSPS) is 12.2. The van der Waals surface area contributed by atoms with Crippen LogP contribution < -0.4 is 24.3 Å². The van der Waals surface area contributed by atoms with Crippen LogP contribution in [0.25, 0.3) is 6.08 Å². The van der Waals surface area contributed by atoms with Crippen molar-refractivity contribution in [3.05, 3.63) is 53.6 Å². The minimum Gasteiger partial charge on any atom is -0.493 e. The van der Waals surface area contributed by atoms with E-state index in [1.807, 2.05) is 43.3 Å². The first-order valence-corrected chi connectivity index (χ1v) is 8.35. The van der Waals surface area contributed by atoms with Crippen molar-refractivity contribution in [2.24, 2.45) is 0 Å². The summed E-state index contributed by atoms with van der Waals surface area (Å²) in [4.78, 5) is 12.0. The molecule has 2 aromatic carbocycles. The van der Waals surface area contributed by atoms with Gasteiger partial charge in [0.2, 0.25) is 12.7 Å². The lowest BCUT2D eigenvalue weighted by Crippen LogP contribution is -2.20. The fourth-order valence-electron chi connectivity index (χ4n) is 2.54. The average Bonchev–Trinajstić information content (AvgIpc) is 3.13. The molecule has 0 fully saturated rings. The molecule has 1 N–H and O–H groups in total. The number of amides is 1. The second kappa shape index (κ2) is 8.29. The van der Waals surface area contributed by atoms with Gasteiger partial charge in [-0.3, -0.25) is 4.79 Å². The molecule has 0 radical (unpaired) electrons. The molecule has 0 unspecified atom stereocenters. The summed E-state index contributed by atoms with van der Waals surface area (Å²) >= 11 is 0. The van der Waals surface area contributed by atoms with Crippen molar-refractivity contribution < 1.29 is 23.7 Å². The number of rotatable bonds is 7. The van der Waals surface area contributed by atoms with E-state index in [-0.39, 0.29) is 12.7 Å². The van der Waals surface area contributed by atoms with Gasteiger partial charge in [0.05, 0.1) is 13.7 Å². The van der Waals surface area contributed by atoms with Crippen LogP contribution in [0.1, 0.15) is 18.1 Å². The van der Waals surface area contributed by atoms with Gasteiger partial charge in [0.25, 0.3) is 0 Å². The number of carbonyl (C=O) groups excluding carboxylic acids is 1. The lowest BCUT2D eigenvalue weighted by molar-refractivity contribution is -0.116. The Balaban J connectivity index is 1.58. The average molecular weight is 355 g/mol. The van der Waals surface area contributed by atoms with Gasteiger partial charge in [0, 0.05) is 12.6 Å². The Hall–Kier alpha value is -3.15. The van der Waals surface area contributed by atoms with Crippen LogP contribution in [0.3, 0.4) is 0 Å². The predicted octanol–water partition coefficient (Wildman–Crippen LogP) is 3.15. The van der Waals surface area contributed by atoms with Crippen molar-refractivity contribution in [3.8, 4) is 23.0 Å². The third-order valence-corrected chi connectivity index (χ3v) is 3.82. The van der Waals surface area contributed by atoms with Crippen LogP contribution in [-0.2, 0) is 11.3 Å². The molecule has 0 aliphatic carbocycles. The van der Waals surface area contributed by atoms with Crippen molar-refractivity contribution in [3.63, 3.8) is 0 Å². The second-order valence-corrected chi connectivity index (χ2v) is 5.58. The smallest absolute Gasteiger partial charge is 0.244 e. The zero-order chi connectivity index (χ0) is 18.4. The summed E-state index contributed by atoms with van der Waals surface area (Å²) < 4.78 is 21.4. The molecule has 0 bridgehead atoms. The maximum Gasteiger partial charge on any atom is 0.244 e. The van der Waals surface area contributed by atoms with E-state index in [4.69, 9.17) is 18.9 Å². The van der Waals surface area contributed by atoms with Crippen molar-refractivity contribution in [2.45, 2.75) is 13.5 Å². The molecule has 1 aliphatic rings. The number of ether oxygens (including phenoxy) is 4. The summed E-state index contributed by atoms with van der Waals surface area (Å²) in [6, 6.07) is 11.1. The molecule has 1 aliphatic heterocycles. The molecule has 1 heterocycles. The van der Waals surface area contributed by atoms with E-state index in [0.717, 1.165) is 16.9 Å². The van der Waals surface area contributed by atoms with Crippen LogP contribution in [0, 0.1) is 0 Å². The Labute approximate surface area is 152 Å². The maximum absolute atomic E-state index is 12.0. The van der Waals surface area contributed by atoms with Gasteiger partial charge in [-0.05, 0) is 48.4 Å². The van der Waals surface area contributed by atoms with E-state index in [9.17, 15) is 4.79 Å². The molecule has 136 valence electrons. The van der Waals surface area contributed by atoms with Crippen LogP contribution >= 0.6 is 0 Å². The van der Waals surface area contributed by atoms with E-state index in [0.29, 0.717) is 30.4 Å². The van der Waals surface area contributed by atoms with Crippen LogP contribution in [-0.4, -0.2) is 26.4 Å². The van der Waals surface area contributed by atoms with Gasteiger partial charge < -0.3 is 24.3 Å². The van der Waals surface area contributed by atoms with E-state index in [2.05, 4.69) is 5.32 Å². The molecule has 26 heavy (non-hydrogen) atoms. The highest BCUT2D eigenvalue weighted by atomic mass is 16.7. The van der Waals surface area contributed by atoms with Crippen molar-refractivity contribution in [1.29, 1.82) is 0 Å². The second-order valence-electron chi connectivity index (χ2n) is 5.58. The highest BCUT2D eigenvalue weighted by Gasteiger charge is 2.13. The number of benzene rings is 2. The van der Waals surface area contributed by atoms with Crippen LogP contribution in [0.4, 0.5) is 0 Å². The minimum atomic E-state index is -0.184. The molecule has 0 aromatic heterocycles. The molecular formula is C20H21NO5. The Morgan fingerprint density at radius 3 is 2.81 bits per heavy atom. The number of fused-ring (bicyclic) bond motifs is 1. The van der Waals surface area contributed by atoms with Gasteiger partial charge in [-0.25, -0.2) is 0 Å². The highest BCUT2D eigenvalue weighted by molar-refractivity contribution is 5.91. The molecule has 0 saturated heterocycles. The standard InChI is InChI=1S/C20H21NO5/c1-3-24-18-10-14(4-7-16(18)23-2)6-9-20(22)21-12-15-5-8-17-19(11-15)26-13-25-17/h4-11H,3,12-13H2,1-2H3,(H,21,22). The van der Waals surface area contributed by atoms with E-state index < -0.39 is 0 Å². The van der Waals surface area contributed by atoms with Crippen LogP contribution in [0.2, 0.25) is 0 Å². The first kappa shape index (κ1) is 17.7. The first-order valence-electron chi connectivity index (χ1n) is 8.35. The van der Waals surface area contributed by atoms with Gasteiger partial charge in [-0.1, -0.05) is 12.1 Å². The SMILES string of the molecule is CCOc1cc(C=CC(=O)NCc2ccc3c(c2)OCO3)ccc1OC. The molecule has 6 heteroatoms. The highest BCUT2D eigenvalue weighted by Crippen LogP contribution is 2.32. The van der Waals surface area contributed by atoms with Crippen LogP contribution in [0.15, 0.2) is 42.5 Å². The molecule has 6 nitrogen and oxygen atoms in total. The number of nitrogens with one attached hydrogen (secondary N) is 1. The summed E-state index contributed by atoms with van der Waals surface area (Å²) in [5.41, 5.74) is 1.80. The largest absolute Gasteiger partial charge is 0.493 e. The van der Waals surface area contributed by atoms with Gasteiger partial charge >= 0.3 is 0 Å². The fraction of sp³-hybridized carbons (Fsp3) is 0.250. The molecule has 0 spiro atoms. The summed E-state index contributed by atoms with van der Waals surface area (Å²) in [5.74, 6) is 2.56. The molecule has 3 rings (SSSR count). The van der Waals surface area contributed by atoms with E-state index in [1.165, 1.54) is 6.08 Å². The summed E-state index contributed by atoms with van der Waals surface area (Å²) in [6.07, 6.45) is 3.22. The van der Waals surface area contributed by atoms with E-state index >= 15 is 0 Å². The van der Waals surface area contributed by atoms with Crippen molar-refractivity contribution >= 4 is 12.0 Å². The summed E-state index contributed by atoms with van der Waals surface area (Å²) in [5, 5.41) is 2.84. The molecule has 1 amide bonds. The number of methoxy groups -OCH3 is 1. The topological polar surface area (TPSA) is 66.0 Å². The Morgan fingerprint density at radius 1 is 1.15 bits per heavy atom. The minimum absolute atomic E-state index is 0.184. The molecule has 2 aromatic rings. The van der Waals surface area contributed by atoms with Gasteiger partial charge in [-0.2, -0.15) is 0 Å². The number of carbonyl (C=O) groups is 1. The van der Waals surface area contributed by atoms with Gasteiger partial charge in [0.1, 0.15) is 0 Å². The van der Waals surface area contributed by atoms with Gasteiger partial charge in [-0.15, -0.1) is 0 Å². The number of hydrogen-bond acceptors (Lipinski definition) is 5. The first-order chi connectivity index (χ1) is 12.7.